The zero-order valence-electron chi connectivity index (χ0n) is 14.1. The number of halogens is 2. The van der Waals surface area contributed by atoms with E-state index in [1.54, 1.807) is 12.1 Å². The summed E-state index contributed by atoms with van der Waals surface area (Å²) in [6.45, 7) is 4.14. The van der Waals surface area contributed by atoms with Crippen LogP contribution >= 0.6 is 31.9 Å². The van der Waals surface area contributed by atoms with E-state index in [1.165, 1.54) is 0 Å². The molecule has 0 bridgehead atoms. The molecule has 2 heterocycles. The van der Waals surface area contributed by atoms with Crippen molar-refractivity contribution in [2.45, 2.75) is 5.60 Å². The second-order valence-corrected chi connectivity index (χ2v) is 8.30. The van der Waals surface area contributed by atoms with Crippen molar-refractivity contribution >= 4 is 49.0 Å². The van der Waals surface area contributed by atoms with Crippen molar-refractivity contribution in [3.05, 3.63) is 86.3 Å². The average molecular weight is 486 g/mol. The Hall–Kier alpha value is -2.44. The van der Waals surface area contributed by atoms with Crippen LogP contribution in [0, 0.1) is 0 Å². The zero-order valence-corrected chi connectivity index (χ0v) is 17.2. The lowest BCUT2D eigenvalue weighted by Crippen LogP contribution is -2.32. The fourth-order valence-corrected chi connectivity index (χ4v) is 4.54. The Morgan fingerprint density at radius 1 is 0.815 bits per heavy atom. The Labute approximate surface area is 173 Å². The third kappa shape index (κ3) is 2.14. The molecule has 2 aliphatic heterocycles. The number of fused-ring (bicyclic) bond motifs is 6. The molecule has 27 heavy (non-hydrogen) atoms. The molecule has 2 aliphatic rings. The van der Waals surface area contributed by atoms with Crippen LogP contribution in [0.25, 0.3) is 5.76 Å². The summed E-state index contributed by atoms with van der Waals surface area (Å²) in [5.74, 6) is 1.88. The van der Waals surface area contributed by atoms with Gasteiger partial charge in [-0.2, -0.15) is 0 Å². The number of benzene rings is 3. The lowest BCUT2D eigenvalue weighted by molar-refractivity contribution is 0.126. The van der Waals surface area contributed by atoms with Gasteiger partial charge in [0.25, 0.3) is 0 Å². The van der Waals surface area contributed by atoms with Crippen molar-refractivity contribution in [3.63, 3.8) is 0 Å². The maximum absolute atomic E-state index is 6.51. The van der Waals surface area contributed by atoms with E-state index in [-0.39, 0.29) is 0 Å². The molecule has 4 nitrogen and oxygen atoms in total. The van der Waals surface area contributed by atoms with E-state index in [0.29, 0.717) is 28.6 Å². The Kier molecular flexibility index (Phi) is 3.42. The maximum Gasteiger partial charge on any atom is 0.192 e. The van der Waals surface area contributed by atoms with Gasteiger partial charge in [0.05, 0.1) is 0 Å². The molecule has 3 aromatic rings. The average Bonchev–Trinajstić information content (AvgIpc) is 2.93. The fourth-order valence-electron chi connectivity index (χ4n) is 3.85. The zero-order chi connectivity index (χ0) is 18.9. The number of nitrogen functional groups attached to an aromatic ring is 2. The number of anilines is 2. The second kappa shape index (κ2) is 5.53. The molecule has 0 atom stereocenters. The summed E-state index contributed by atoms with van der Waals surface area (Å²) < 4.78 is 14.2. The van der Waals surface area contributed by atoms with Gasteiger partial charge < -0.3 is 20.9 Å². The molecule has 3 aromatic carbocycles. The molecular weight excluding hydrogens is 472 g/mol. The van der Waals surface area contributed by atoms with E-state index in [4.69, 9.17) is 20.9 Å². The van der Waals surface area contributed by atoms with Gasteiger partial charge in [-0.25, -0.2) is 0 Å². The van der Waals surface area contributed by atoms with Crippen molar-refractivity contribution in [2.75, 3.05) is 11.5 Å². The minimum atomic E-state index is -0.886. The first kappa shape index (κ1) is 16.7. The molecule has 0 aromatic heterocycles. The van der Waals surface area contributed by atoms with Crippen molar-refractivity contribution in [1.82, 2.24) is 0 Å². The Balaban J connectivity index is 1.94. The summed E-state index contributed by atoms with van der Waals surface area (Å²) in [7, 11) is 0. The van der Waals surface area contributed by atoms with Gasteiger partial charge in [0.15, 0.2) is 5.60 Å². The minimum Gasteiger partial charge on any atom is -0.473 e. The van der Waals surface area contributed by atoms with E-state index in [9.17, 15) is 0 Å². The molecule has 0 amide bonds. The third-order valence-corrected chi connectivity index (χ3v) is 6.43. The largest absolute Gasteiger partial charge is 0.473 e. The molecule has 1 spiro atoms. The highest BCUT2D eigenvalue weighted by Gasteiger charge is 2.52. The molecule has 0 saturated carbocycles. The molecule has 0 radical (unpaired) electrons. The molecule has 0 aliphatic carbocycles. The SMILES string of the molecule is C=C1OC2(c3cc(Br)c(N)cc3Oc3cc(N)c(Br)cc32)c2ccccc21. The number of hydrogen-bond acceptors (Lipinski definition) is 4. The predicted octanol–water partition coefficient (Wildman–Crippen LogP) is 5.77. The van der Waals surface area contributed by atoms with Crippen LogP contribution in [-0.2, 0) is 10.3 Å². The van der Waals surface area contributed by atoms with E-state index < -0.39 is 5.60 Å². The monoisotopic (exact) mass is 484 g/mol. The molecule has 6 heteroatoms. The summed E-state index contributed by atoms with van der Waals surface area (Å²) in [6.07, 6.45) is 0. The van der Waals surface area contributed by atoms with Crippen LogP contribution in [0.2, 0.25) is 0 Å². The van der Waals surface area contributed by atoms with Gasteiger partial charge in [-0.1, -0.05) is 30.8 Å². The smallest absolute Gasteiger partial charge is 0.192 e. The van der Waals surface area contributed by atoms with Crippen LogP contribution in [0.3, 0.4) is 0 Å². The highest BCUT2D eigenvalue weighted by molar-refractivity contribution is 9.11. The van der Waals surface area contributed by atoms with Gasteiger partial charge in [0, 0.05) is 54.7 Å². The van der Waals surface area contributed by atoms with Crippen LogP contribution in [0.5, 0.6) is 11.5 Å². The van der Waals surface area contributed by atoms with Crippen LogP contribution in [0.15, 0.2) is 64.1 Å². The maximum atomic E-state index is 6.51. The van der Waals surface area contributed by atoms with Crippen LogP contribution in [-0.4, -0.2) is 0 Å². The van der Waals surface area contributed by atoms with Gasteiger partial charge in [-0.3, -0.25) is 0 Å². The lowest BCUT2D eigenvalue weighted by atomic mass is 9.77. The van der Waals surface area contributed by atoms with Gasteiger partial charge >= 0.3 is 0 Å². The fraction of sp³-hybridized carbons (Fsp3) is 0.0476. The number of rotatable bonds is 0. The van der Waals surface area contributed by atoms with Crippen LogP contribution < -0.4 is 16.2 Å². The quantitative estimate of drug-likeness (QED) is 0.396. The standard InChI is InChI=1S/C21H14Br2N2O2/c1-10-11-4-2-3-5-12(11)21(27-10)13-6-15(22)17(24)8-19(13)26-20-9-18(25)16(23)7-14(20)21/h2-9H,1,24-25H2. The number of ether oxygens (including phenoxy) is 2. The van der Waals surface area contributed by atoms with E-state index >= 15 is 0 Å². The summed E-state index contributed by atoms with van der Waals surface area (Å²) in [5, 5.41) is 0. The molecular formula is C21H14Br2N2O2. The molecule has 5 rings (SSSR count). The Morgan fingerprint density at radius 2 is 1.37 bits per heavy atom. The van der Waals surface area contributed by atoms with Crippen molar-refractivity contribution in [3.8, 4) is 11.5 Å². The van der Waals surface area contributed by atoms with Gasteiger partial charge in [-0.15, -0.1) is 0 Å². The molecule has 134 valence electrons. The Bertz CT molecular complexity index is 1100. The summed E-state index contributed by atoms with van der Waals surface area (Å²) in [5.41, 5.74) is 16.2. The molecule has 0 fully saturated rings. The van der Waals surface area contributed by atoms with Gasteiger partial charge in [0.2, 0.25) is 0 Å². The van der Waals surface area contributed by atoms with Crippen molar-refractivity contribution in [2.24, 2.45) is 0 Å². The summed E-state index contributed by atoms with van der Waals surface area (Å²) in [6, 6.07) is 15.5. The van der Waals surface area contributed by atoms with E-state index in [1.807, 2.05) is 30.3 Å². The molecule has 4 N–H and O–H groups in total. The van der Waals surface area contributed by atoms with Crippen molar-refractivity contribution in [1.29, 1.82) is 0 Å². The third-order valence-electron chi connectivity index (χ3n) is 5.06. The van der Waals surface area contributed by atoms with Gasteiger partial charge in [-0.05, 0) is 44.0 Å². The summed E-state index contributed by atoms with van der Waals surface area (Å²) >= 11 is 7.08. The summed E-state index contributed by atoms with van der Waals surface area (Å²) in [4.78, 5) is 0. The highest BCUT2D eigenvalue weighted by Crippen LogP contribution is 2.59. The first-order chi connectivity index (χ1) is 12.9. The Morgan fingerprint density at radius 3 is 1.96 bits per heavy atom. The normalized spacial score (nSPS) is 15.6. The van der Waals surface area contributed by atoms with Crippen LogP contribution in [0.4, 0.5) is 11.4 Å². The first-order valence-electron chi connectivity index (χ1n) is 8.26. The van der Waals surface area contributed by atoms with E-state index in [0.717, 1.165) is 31.2 Å². The van der Waals surface area contributed by atoms with E-state index in [2.05, 4.69) is 44.5 Å². The number of nitrogens with two attached hydrogens (primary N) is 2. The minimum absolute atomic E-state index is 0.586. The first-order valence-corrected chi connectivity index (χ1v) is 9.85. The van der Waals surface area contributed by atoms with Crippen molar-refractivity contribution < 1.29 is 9.47 Å². The molecule has 0 unspecified atom stereocenters. The topological polar surface area (TPSA) is 70.5 Å². The highest BCUT2D eigenvalue weighted by atomic mass is 79.9. The van der Waals surface area contributed by atoms with Gasteiger partial charge in [0.1, 0.15) is 17.3 Å². The second-order valence-electron chi connectivity index (χ2n) is 6.59. The lowest BCUT2D eigenvalue weighted by Gasteiger charge is -2.37. The van der Waals surface area contributed by atoms with Crippen LogP contribution in [0.1, 0.15) is 22.3 Å². The molecule has 0 saturated heterocycles. The number of hydrogen-bond donors (Lipinski definition) is 2. The predicted molar refractivity (Wildman–Crippen MR) is 114 cm³/mol.